The summed E-state index contributed by atoms with van der Waals surface area (Å²) >= 11 is 1.47. The monoisotopic (exact) mass is 389 g/mol. The van der Waals surface area contributed by atoms with Crippen molar-refractivity contribution in [2.45, 2.75) is 43.5 Å². The van der Waals surface area contributed by atoms with E-state index in [2.05, 4.69) is 37.7 Å². The van der Waals surface area contributed by atoms with E-state index in [1.807, 2.05) is 60.7 Å². The smallest absolute Gasteiger partial charge is 0.270 e. The van der Waals surface area contributed by atoms with Crippen molar-refractivity contribution in [3.63, 3.8) is 0 Å². The molecule has 28 heavy (non-hydrogen) atoms. The quantitative estimate of drug-likeness (QED) is 0.475. The van der Waals surface area contributed by atoms with E-state index in [9.17, 15) is 10.1 Å². The van der Waals surface area contributed by atoms with Crippen LogP contribution in [0.4, 0.5) is 0 Å². The normalized spacial score (nSPS) is 12.4. The number of aromatic nitrogens is 2. The topological polar surface area (TPSA) is 69.5 Å². The Balaban J connectivity index is 1.99. The molecule has 4 nitrogen and oxygen atoms in total. The summed E-state index contributed by atoms with van der Waals surface area (Å²) in [5, 5.41) is 10.1. The lowest BCUT2D eigenvalue weighted by Gasteiger charge is -2.19. The Morgan fingerprint density at radius 2 is 1.71 bits per heavy atom. The number of nitriles is 1. The first kappa shape index (κ1) is 19.9. The van der Waals surface area contributed by atoms with Crippen LogP contribution < -0.4 is 5.56 Å². The minimum absolute atomic E-state index is 0.0320. The Morgan fingerprint density at radius 1 is 1.07 bits per heavy atom. The number of thioether (sulfide) groups is 1. The maximum absolute atomic E-state index is 12.5. The molecule has 3 aromatic rings. The van der Waals surface area contributed by atoms with E-state index < -0.39 is 5.56 Å². The molecule has 142 valence electrons. The van der Waals surface area contributed by atoms with Crippen molar-refractivity contribution in [1.29, 1.82) is 5.26 Å². The van der Waals surface area contributed by atoms with Crippen molar-refractivity contribution >= 4 is 11.8 Å². The van der Waals surface area contributed by atoms with Gasteiger partial charge in [0.2, 0.25) is 0 Å². The van der Waals surface area contributed by atoms with E-state index >= 15 is 0 Å². The zero-order valence-corrected chi connectivity index (χ0v) is 17.3. The van der Waals surface area contributed by atoms with Gasteiger partial charge < -0.3 is 4.98 Å². The molecule has 1 atom stereocenters. The average Bonchev–Trinajstić information content (AvgIpc) is 2.67. The van der Waals surface area contributed by atoms with Crippen molar-refractivity contribution in [3.8, 4) is 17.3 Å². The molecule has 0 aliphatic carbocycles. The summed E-state index contributed by atoms with van der Waals surface area (Å²) in [6.45, 7) is 8.51. The van der Waals surface area contributed by atoms with Gasteiger partial charge in [-0.15, -0.1) is 0 Å². The van der Waals surface area contributed by atoms with Gasteiger partial charge in [0.05, 0.1) is 5.69 Å². The maximum atomic E-state index is 12.5. The molecule has 0 bridgehead atoms. The molecule has 0 amide bonds. The molecule has 5 heteroatoms. The van der Waals surface area contributed by atoms with Gasteiger partial charge in [-0.05, 0) is 23.5 Å². The van der Waals surface area contributed by atoms with Gasteiger partial charge >= 0.3 is 0 Å². The molecular formula is C23H23N3OS. The summed E-state index contributed by atoms with van der Waals surface area (Å²) in [5.41, 5.74) is 3.20. The number of nitrogens with one attached hydrogen (secondary N) is 1. The van der Waals surface area contributed by atoms with Crippen LogP contribution in [-0.2, 0) is 5.41 Å². The van der Waals surface area contributed by atoms with Crippen LogP contribution in [0.1, 0.15) is 49.6 Å². The van der Waals surface area contributed by atoms with Gasteiger partial charge in [0.25, 0.3) is 5.56 Å². The number of benzene rings is 2. The zero-order chi connectivity index (χ0) is 20.3. The first-order valence-electron chi connectivity index (χ1n) is 9.16. The van der Waals surface area contributed by atoms with Crippen LogP contribution in [-0.4, -0.2) is 9.97 Å². The van der Waals surface area contributed by atoms with E-state index in [-0.39, 0.29) is 16.2 Å². The maximum Gasteiger partial charge on any atom is 0.270 e. The predicted molar refractivity (Wildman–Crippen MR) is 114 cm³/mol. The summed E-state index contributed by atoms with van der Waals surface area (Å²) in [6.07, 6.45) is 0. The molecule has 0 aliphatic heterocycles. The highest BCUT2D eigenvalue weighted by Crippen LogP contribution is 2.33. The third-order valence-corrected chi connectivity index (χ3v) is 5.63. The summed E-state index contributed by atoms with van der Waals surface area (Å²) in [6, 6.07) is 20.0. The lowest BCUT2D eigenvalue weighted by atomic mass is 9.86. The second kappa shape index (κ2) is 8.04. The number of hydrogen-bond acceptors (Lipinski definition) is 4. The third kappa shape index (κ3) is 4.35. The van der Waals surface area contributed by atoms with Crippen LogP contribution in [0.15, 0.2) is 64.5 Å². The van der Waals surface area contributed by atoms with Gasteiger partial charge in [-0.3, -0.25) is 4.79 Å². The first-order chi connectivity index (χ1) is 13.3. The highest BCUT2D eigenvalue weighted by atomic mass is 32.2. The molecule has 0 saturated heterocycles. The standard InChI is InChI=1S/C23H23N3OS/c1-15(16-8-6-5-7-9-16)28-22-25-20(19(14-24)21(27)26-22)17-10-12-18(13-11-17)23(2,3)4/h5-13,15H,1-4H3,(H,25,26,27). The Kier molecular flexibility index (Phi) is 5.71. The minimum atomic E-state index is -0.407. The first-order valence-corrected chi connectivity index (χ1v) is 10.0. The van der Waals surface area contributed by atoms with E-state index in [1.54, 1.807) is 0 Å². The van der Waals surface area contributed by atoms with Gasteiger partial charge in [0.15, 0.2) is 5.16 Å². The Bertz CT molecular complexity index is 1060. The van der Waals surface area contributed by atoms with Crippen LogP contribution in [0, 0.1) is 11.3 Å². The molecule has 0 fully saturated rings. The number of aromatic amines is 1. The van der Waals surface area contributed by atoms with Crippen molar-refractivity contribution in [1.82, 2.24) is 9.97 Å². The summed E-state index contributed by atoms with van der Waals surface area (Å²) in [5.74, 6) is 0. The summed E-state index contributed by atoms with van der Waals surface area (Å²) in [4.78, 5) is 19.8. The van der Waals surface area contributed by atoms with Gasteiger partial charge in [-0.25, -0.2) is 4.98 Å². The fourth-order valence-corrected chi connectivity index (χ4v) is 3.83. The third-order valence-electron chi connectivity index (χ3n) is 4.59. The average molecular weight is 390 g/mol. The Hall–Kier alpha value is -2.84. The lowest BCUT2D eigenvalue weighted by molar-refractivity contribution is 0.590. The highest BCUT2D eigenvalue weighted by molar-refractivity contribution is 7.99. The molecule has 3 rings (SSSR count). The van der Waals surface area contributed by atoms with Crippen molar-refractivity contribution in [3.05, 3.63) is 81.6 Å². The van der Waals surface area contributed by atoms with Crippen LogP contribution in [0.3, 0.4) is 0 Å². The summed E-state index contributed by atoms with van der Waals surface area (Å²) < 4.78 is 0. The lowest BCUT2D eigenvalue weighted by Crippen LogP contribution is -2.15. The Morgan fingerprint density at radius 3 is 2.29 bits per heavy atom. The molecule has 1 unspecified atom stereocenters. The molecule has 1 heterocycles. The van der Waals surface area contributed by atoms with Crippen LogP contribution in [0.5, 0.6) is 0 Å². The molecule has 0 radical (unpaired) electrons. The van der Waals surface area contributed by atoms with Gasteiger partial charge in [-0.2, -0.15) is 5.26 Å². The van der Waals surface area contributed by atoms with Gasteiger partial charge in [0, 0.05) is 10.8 Å². The van der Waals surface area contributed by atoms with E-state index in [1.165, 1.54) is 17.3 Å². The molecule has 0 aliphatic rings. The van der Waals surface area contributed by atoms with Crippen molar-refractivity contribution < 1.29 is 0 Å². The molecule has 0 saturated carbocycles. The van der Waals surface area contributed by atoms with E-state index in [4.69, 9.17) is 0 Å². The highest BCUT2D eigenvalue weighted by Gasteiger charge is 2.18. The molecular weight excluding hydrogens is 366 g/mol. The van der Waals surface area contributed by atoms with Crippen LogP contribution in [0.25, 0.3) is 11.3 Å². The zero-order valence-electron chi connectivity index (χ0n) is 16.5. The predicted octanol–water partition coefficient (Wildman–Crippen LogP) is 5.46. The molecule has 2 aromatic carbocycles. The van der Waals surface area contributed by atoms with Crippen LogP contribution >= 0.6 is 11.8 Å². The van der Waals surface area contributed by atoms with E-state index in [0.29, 0.717) is 10.9 Å². The second-order valence-corrected chi connectivity index (χ2v) is 9.03. The van der Waals surface area contributed by atoms with Gasteiger partial charge in [0.1, 0.15) is 11.6 Å². The number of hydrogen-bond donors (Lipinski definition) is 1. The SMILES string of the molecule is CC(Sc1nc(-c2ccc(C(C)(C)C)cc2)c(C#N)c(=O)[nH]1)c1ccccc1. The minimum Gasteiger partial charge on any atom is -0.300 e. The van der Waals surface area contributed by atoms with Gasteiger partial charge in [-0.1, -0.05) is 87.1 Å². The van der Waals surface area contributed by atoms with Crippen molar-refractivity contribution in [2.75, 3.05) is 0 Å². The fourth-order valence-electron chi connectivity index (χ4n) is 2.91. The molecule has 1 aromatic heterocycles. The second-order valence-electron chi connectivity index (χ2n) is 7.70. The largest absolute Gasteiger partial charge is 0.300 e. The Labute approximate surface area is 169 Å². The van der Waals surface area contributed by atoms with E-state index in [0.717, 1.165) is 11.1 Å². The number of H-pyrrole nitrogens is 1. The molecule has 0 spiro atoms. The van der Waals surface area contributed by atoms with Crippen LogP contribution in [0.2, 0.25) is 0 Å². The molecule has 1 N–H and O–H groups in total. The summed E-state index contributed by atoms with van der Waals surface area (Å²) in [7, 11) is 0. The van der Waals surface area contributed by atoms with Crippen molar-refractivity contribution in [2.24, 2.45) is 0 Å². The number of nitrogens with zero attached hydrogens (tertiary/aromatic N) is 2. The fraction of sp³-hybridized carbons (Fsp3) is 0.261. The number of rotatable bonds is 4.